The lowest BCUT2D eigenvalue weighted by molar-refractivity contribution is 0.0866. The lowest BCUT2D eigenvalue weighted by Gasteiger charge is -2.00. The fraction of sp³-hybridized carbons (Fsp3) is 0.286. The van der Waals surface area contributed by atoms with Crippen LogP contribution in [0.25, 0.3) is 0 Å². The Labute approximate surface area is 64.2 Å². The van der Waals surface area contributed by atoms with Crippen molar-refractivity contribution in [2.45, 2.75) is 6.54 Å². The standard InChI is InChI=1S/C7H9FN2O/c1-11-10-4-6-2-7(8)5-9-3-6/h2-3,5,10H,4H2,1H3. The van der Waals surface area contributed by atoms with Gasteiger partial charge in [0.15, 0.2) is 0 Å². The average molecular weight is 156 g/mol. The Kier molecular flexibility index (Phi) is 2.95. The van der Waals surface area contributed by atoms with E-state index in [-0.39, 0.29) is 5.82 Å². The maximum atomic E-state index is 12.5. The monoisotopic (exact) mass is 156 g/mol. The number of aromatic nitrogens is 1. The molecule has 0 aliphatic heterocycles. The summed E-state index contributed by atoms with van der Waals surface area (Å²) in [5.41, 5.74) is 3.34. The van der Waals surface area contributed by atoms with Crippen LogP contribution < -0.4 is 5.48 Å². The Morgan fingerprint density at radius 2 is 2.45 bits per heavy atom. The molecule has 0 spiro atoms. The van der Waals surface area contributed by atoms with Crippen molar-refractivity contribution in [2.75, 3.05) is 7.11 Å². The predicted molar refractivity (Wildman–Crippen MR) is 38.0 cm³/mol. The van der Waals surface area contributed by atoms with Crippen LogP contribution in [0.1, 0.15) is 5.56 Å². The van der Waals surface area contributed by atoms with Gasteiger partial charge in [-0.15, -0.1) is 0 Å². The highest BCUT2D eigenvalue weighted by Gasteiger charge is 1.93. The molecule has 0 atom stereocenters. The number of halogens is 1. The molecule has 0 aliphatic carbocycles. The van der Waals surface area contributed by atoms with E-state index in [1.54, 1.807) is 6.20 Å². The summed E-state index contributed by atoms with van der Waals surface area (Å²) in [6.45, 7) is 0.460. The molecule has 0 unspecified atom stereocenters. The third-order valence-corrected chi connectivity index (χ3v) is 1.18. The van der Waals surface area contributed by atoms with Crippen LogP contribution in [0.15, 0.2) is 18.5 Å². The zero-order valence-corrected chi connectivity index (χ0v) is 6.17. The molecule has 0 aliphatic rings. The van der Waals surface area contributed by atoms with Crippen molar-refractivity contribution in [3.05, 3.63) is 29.8 Å². The summed E-state index contributed by atoms with van der Waals surface area (Å²) in [5, 5.41) is 0. The van der Waals surface area contributed by atoms with Crippen LogP contribution in [0, 0.1) is 5.82 Å². The van der Waals surface area contributed by atoms with Crippen molar-refractivity contribution in [1.82, 2.24) is 10.5 Å². The van der Waals surface area contributed by atoms with Gasteiger partial charge in [0.2, 0.25) is 0 Å². The van der Waals surface area contributed by atoms with E-state index in [9.17, 15) is 4.39 Å². The van der Waals surface area contributed by atoms with Crippen LogP contribution in [0.3, 0.4) is 0 Å². The lowest BCUT2D eigenvalue weighted by Crippen LogP contribution is -2.10. The molecule has 0 bridgehead atoms. The van der Waals surface area contributed by atoms with Gasteiger partial charge in [-0.1, -0.05) is 0 Å². The van der Waals surface area contributed by atoms with E-state index in [0.29, 0.717) is 6.54 Å². The number of nitrogens with one attached hydrogen (secondary N) is 1. The summed E-state index contributed by atoms with van der Waals surface area (Å²) in [7, 11) is 1.51. The molecular formula is C7H9FN2O. The van der Waals surface area contributed by atoms with E-state index in [4.69, 9.17) is 0 Å². The molecule has 0 amide bonds. The quantitative estimate of drug-likeness (QED) is 0.659. The Hall–Kier alpha value is -1.00. The van der Waals surface area contributed by atoms with Gasteiger partial charge in [0.05, 0.1) is 13.3 Å². The second-order valence-corrected chi connectivity index (χ2v) is 2.04. The van der Waals surface area contributed by atoms with Gasteiger partial charge in [0.25, 0.3) is 0 Å². The Morgan fingerprint density at radius 1 is 1.64 bits per heavy atom. The van der Waals surface area contributed by atoms with Gasteiger partial charge < -0.3 is 4.84 Å². The number of hydroxylamine groups is 1. The van der Waals surface area contributed by atoms with Crippen molar-refractivity contribution < 1.29 is 9.23 Å². The van der Waals surface area contributed by atoms with Crippen LogP contribution in [0.4, 0.5) is 4.39 Å². The van der Waals surface area contributed by atoms with Crippen LogP contribution in [0.2, 0.25) is 0 Å². The summed E-state index contributed by atoms with van der Waals surface area (Å²) in [6.07, 6.45) is 2.74. The SMILES string of the molecule is CONCc1cncc(F)c1. The minimum absolute atomic E-state index is 0.333. The van der Waals surface area contributed by atoms with Crippen molar-refractivity contribution in [3.63, 3.8) is 0 Å². The lowest BCUT2D eigenvalue weighted by atomic mass is 10.3. The summed E-state index contributed by atoms with van der Waals surface area (Å²) >= 11 is 0. The smallest absolute Gasteiger partial charge is 0.141 e. The fourth-order valence-corrected chi connectivity index (χ4v) is 0.708. The summed E-state index contributed by atoms with van der Waals surface area (Å²) in [4.78, 5) is 8.25. The minimum atomic E-state index is -0.333. The normalized spacial score (nSPS) is 10.0. The third-order valence-electron chi connectivity index (χ3n) is 1.18. The van der Waals surface area contributed by atoms with E-state index in [1.165, 1.54) is 13.2 Å². The van der Waals surface area contributed by atoms with Gasteiger partial charge in [-0.05, 0) is 11.6 Å². The topological polar surface area (TPSA) is 34.1 Å². The Bertz CT molecular complexity index is 229. The first-order valence-corrected chi connectivity index (χ1v) is 3.18. The van der Waals surface area contributed by atoms with Gasteiger partial charge in [-0.25, -0.2) is 4.39 Å². The van der Waals surface area contributed by atoms with E-state index in [1.807, 2.05) is 0 Å². The highest BCUT2D eigenvalue weighted by molar-refractivity contribution is 5.09. The highest BCUT2D eigenvalue weighted by Crippen LogP contribution is 1.99. The largest absolute Gasteiger partial charge is 0.305 e. The molecule has 0 aromatic carbocycles. The molecule has 11 heavy (non-hydrogen) atoms. The molecule has 0 saturated carbocycles. The minimum Gasteiger partial charge on any atom is -0.305 e. The molecule has 60 valence electrons. The van der Waals surface area contributed by atoms with Gasteiger partial charge in [-0.2, -0.15) is 5.48 Å². The second-order valence-electron chi connectivity index (χ2n) is 2.04. The number of nitrogens with zero attached hydrogens (tertiary/aromatic N) is 1. The highest BCUT2D eigenvalue weighted by atomic mass is 19.1. The molecule has 3 nitrogen and oxygen atoms in total. The van der Waals surface area contributed by atoms with Crippen LogP contribution in [-0.2, 0) is 11.4 Å². The molecule has 1 aromatic rings. The molecular weight excluding hydrogens is 147 g/mol. The average Bonchev–Trinajstić information content (AvgIpc) is 2.01. The molecule has 1 rings (SSSR count). The zero-order chi connectivity index (χ0) is 8.10. The van der Waals surface area contributed by atoms with Crippen LogP contribution >= 0.6 is 0 Å². The first-order valence-electron chi connectivity index (χ1n) is 3.18. The van der Waals surface area contributed by atoms with E-state index < -0.39 is 0 Å². The van der Waals surface area contributed by atoms with Crippen LogP contribution in [-0.4, -0.2) is 12.1 Å². The molecule has 0 fully saturated rings. The summed E-state index contributed by atoms with van der Waals surface area (Å²) < 4.78 is 12.5. The number of hydrogen-bond acceptors (Lipinski definition) is 3. The van der Waals surface area contributed by atoms with E-state index in [2.05, 4.69) is 15.3 Å². The Morgan fingerprint density at radius 3 is 3.09 bits per heavy atom. The number of rotatable bonds is 3. The zero-order valence-electron chi connectivity index (χ0n) is 6.17. The van der Waals surface area contributed by atoms with Gasteiger partial charge in [0, 0.05) is 12.7 Å². The second kappa shape index (κ2) is 4.00. The predicted octanol–water partition coefficient (Wildman–Crippen LogP) is 0.872. The molecule has 0 saturated heterocycles. The van der Waals surface area contributed by atoms with Gasteiger partial charge in [-0.3, -0.25) is 4.98 Å². The molecule has 4 heteroatoms. The van der Waals surface area contributed by atoms with Crippen molar-refractivity contribution in [3.8, 4) is 0 Å². The summed E-state index contributed by atoms with van der Waals surface area (Å²) in [6, 6.07) is 1.40. The van der Waals surface area contributed by atoms with Crippen molar-refractivity contribution in [2.24, 2.45) is 0 Å². The number of pyridine rings is 1. The van der Waals surface area contributed by atoms with Gasteiger partial charge in [0.1, 0.15) is 5.82 Å². The summed E-state index contributed by atoms with van der Waals surface area (Å²) in [5.74, 6) is -0.333. The first kappa shape index (κ1) is 8.10. The van der Waals surface area contributed by atoms with Crippen molar-refractivity contribution in [1.29, 1.82) is 0 Å². The molecule has 0 radical (unpaired) electrons. The first-order chi connectivity index (χ1) is 5.33. The number of hydrogen-bond donors (Lipinski definition) is 1. The third kappa shape index (κ3) is 2.61. The van der Waals surface area contributed by atoms with Crippen molar-refractivity contribution >= 4 is 0 Å². The van der Waals surface area contributed by atoms with E-state index >= 15 is 0 Å². The maximum absolute atomic E-state index is 12.5. The molecule has 1 aromatic heterocycles. The molecule has 1 heterocycles. The molecule has 1 N–H and O–H groups in total. The van der Waals surface area contributed by atoms with E-state index in [0.717, 1.165) is 11.8 Å². The van der Waals surface area contributed by atoms with Crippen LogP contribution in [0.5, 0.6) is 0 Å². The maximum Gasteiger partial charge on any atom is 0.141 e. The van der Waals surface area contributed by atoms with Gasteiger partial charge >= 0.3 is 0 Å². The Balaban J connectivity index is 2.56. The fourth-order valence-electron chi connectivity index (χ4n) is 0.708.